The van der Waals surface area contributed by atoms with Crippen LogP contribution in [0.15, 0.2) is 36.4 Å². The van der Waals surface area contributed by atoms with Crippen LogP contribution in [0.5, 0.6) is 5.75 Å². The standard InChI is InChI=1S/C32H40N4O3SSi/c1-21(2)39-27-12-11-22(17-23(27)19-33)29-34-30(40-35-29)25-9-8-10-26-24(25)13-14-32(26)18-28(37)36(20-32)15-16-38-41(6,7)31(3,4)5/h8-12,17,21H,13-16,18,20H2,1-7H3. The summed E-state index contributed by atoms with van der Waals surface area (Å²) < 4.78 is 16.8. The summed E-state index contributed by atoms with van der Waals surface area (Å²) in [6.07, 6.45) is 2.41. The van der Waals surface area contributed by atoms with Crippen molar-refractivity contribution in [1.82, 2.24) is 14.3 Å². The number of benzene rings is 2. The van der Waals surface area contributed by atoms with Crippen molar-refractivity contribution in [2.45, 2.75) is 83.5 Å². The zero-order valence-electron chi connectivity index (χ0n) is 25.2. The maximum atomic E-state index is 13.2. The molecule has 1 fully saturated rings. The van der Waals surface area contributed by atoms with Gasteiger partial charge in [0.2, 0.25) is 5.91 Å². The third-order valence-electron chi connectivity index (χ3n) is 8.94. The topological polar surface area (TPSA) is 88.3 Å². The van der Waals surface area contributed by atoms with Crippen LogP contribution in [0.2, 0.25) is 18.1 Å². The normalized spacial score (nSPS) is 18.8. The van der Waals surface area contributed by atoms with Gasteiger partial charge in [-0.25, -0.2) is 4.98 Å². The largest absolute Gasteiger partial charge is 0.490 e. The highest BCUT2D eigenvalue weighted by atomic mass is 32.1. The number of hydrogen-bond acceptors (Lipinski definition) is 7. The molecule has 7 nitrogen and oxygen atoms in total. The first-order valence-electron chi connectivity index (χ1n) is 14.4. The fourth-order valence-corrected chi connectivity index (χ4v) is 7.48. The molecule has 1 aliphatic heterocycles. The summed E-state index contributed by atoms with van der Waals surface area (Å²) in [6.45, 7) is 17.1. The van der Waals surface area contributed by atoms with Crippen LogP contribution >= 0.6 is 11.5 Å². The van der Waals surface area contributed by atoms with Gasteiger partial charge in [-0.3, -0.25) is 4.79 Å². The highest BCUT2D eigenvalue weighted by Crippen LogP contribution is 2.49. The van der Waals surface area contributed by atoms with Crippen molar-refractivity contribution >= 4 is 25.8 Å². The maximum Gasteiger partial charge on any atom is 0.223 e. The van der Waals surface area contributed by atoms with Gasteiger partial charge >= 0.3 is 0 Å². The molecule has 41 heavy (non-hydrogen) atoms. The molecule has 5 rings (SSSR count). The van der Waals surface area contributed by atoms with E-state index >= 15 is 0 Å². The van der Waals surface area contributed by atoms with Crippen molar-refractivity contribution in [3.63, 3.8) is 0 Å². The highest BCUT2D eigenvalue weighted by molar-refractivity contribution is 7.09. The van der Waals surface area contributed by atoms with Crippen LogP contribution in [0.25, 0.3) is 22.0 Å². The van der Waals surface area contributed by atoms with Gasteiger partial charge < -0.3 is 14.1 Å². The first-order valence-corrected chi connectivity index (χ1v) is 18.1. The molecule has 1 aliphatic carbocycles. The van der Waals surface area contributed by atoms with Crippen molar-refractivity contribution in [3.8, 4) is 33.8 Å². The molecule has 0 radical (unpaired) electrons. The van der Waals surface area contributed by atoms with E-state index in [2.05, 4.69) is 62.5 Å². The van der Waals surface area contributed by atoms with Crippen molar-refractivity contribution < 1.29 is 14.0 Å². The van der Waals surface area contributed by atoms with Crippen LogP contribution in [0.1, 0.15) is 64.2 Å². The summed E-state index contributed by atoms with van der Waals surface area (Å²) in [5.41, 5.74) is 4.76. The fraction of sp³-hybridized carbons (Fsp3) is 0.500. The molecule has 1 aromatic heterocycles. The molecule has 0 bridgehead atoms. The van der Waals surface area contributed by atoms with Gasteiger partial charge in [0.05, 0.1) is 18.3 Å². The molecule has 1 amide bonds. The minimum atomic E-state index is -1.85. The zero-order valence-corrected chi connectivity index (χ0v) is 27.0. The van der Waals surface area contributed by atoms with E-state index in [-0.39, 0.29) is 22.5 Å². The molecular weight excluding hydrogens is 549 g/mol. The second kappa shape index (κ2) is 11.0. The lowest BCUT2D eigenvalue weighted by Crippen LogP contribution is -2.43. The van der Waals surface area contributed by atoms with Crippen molar-refractivity contribution in [2.75, 3.05) is 19.7 Å². The van der Waals surface area contributed by atoms with Gasteiger partial charge in [-0.1, -0.05) is 39.0 Å². The second-order valence-corrected chi connectivity index (χ2v) is 18.7. The van der Waals surface area contributed by atoms with Gasteiger partial charge in [-0.05, 0) is 85.7 Å². The molecule has 2 aliphatic rings. The Hall–Kier alpha value is -3.06. The summed E-state index contributed by atoms with van der Waals surface area (Å²) in [7, 11) is -1.85. The van der Waals surface area contributed by atoms with Crippen molar-refractivity contribution in [3.05, 3.63) is 53.1 Å². The number of carbonyl (C=O) groups excluding carboxylic acids is 1. The molecule has 3 aromatic rings. The molecule has 2 heterocycles. The van der Waals surface area contributed by atoms with Gasteiger partial charge in [-0.2, -0.15) is 9.64 Å². The number of aromatic nitrogens is 2. The van der Waals surface area contributed by atoms with E-state index in [1.807, 2.05) is 30.9 Å². The monoisotopic (exact) mass is 588 g/mol. The predicted octanol–water partition coefficient (Wildman–Crippen LogP) is 6.97. The summed E-state index contributed by atoms with van der Waals surface area (Å²) >= 11 is 1.37. The Morgan fingerprint density at radius 1 is 1.22 bits per heavy atom. The van der Waals surface area contributed by atoms with Gasteiger partial charge in [0.25, 0.3) is 0 Å². The van der Waals surface area contributed by atoms with E-state index in [1.165, 1.54) is 22.7 Å². The Balaban J connectivity index is 1.35. The summed E-state index contributed by atoms with van der Waals surface area (Å²) in [5, 5.41) is 10.7. The molecule has 216 valence electrons. The number of carbonyl (C=O) groups is 1. The highest BCUT2D eigenvalue weighted by Gasteiger charge is 2.48. The molecule has 1 unspecified atom stereocenters. The predicted molar refractivity (Wildman–Crippen MR) is 166 cm³/mol. The Morgan fingerprint density at radius 3 is 2.71 bits per heavy atom. The quantitative estimate of drug-likeness (QED) is 0.264. The van der Waals surface area contributed by atoms with Gasteiger partial charge in [0.1, 0.15) is 16.8 Å². The third kappa shape index (κ3) is 5.70. The average Bonchev–Trinajstić information content (AvgIpc) is 3.61. The molecule has 1 saturated heterocycles. The van der Waals surface area contributed by atoms with Crippen molar-refractivity contribution in [1.29, 1.82) is 5.26 Å². The maximum absolute atomic E-state index is 13.2. The van der Waals surface area contributed by atoms with Crippen molar-refractivity contribution in [2.24, 2.45) is 0 Å². The lowest BCUT2D eigenvalue weighted by molar-refractivity contribution is -0.128. The Bertz CT molecular complexity index is 1500. The Morgan fingerprint density at radius 2 is 2.00 bits per heavy atom. The number of likely N-dealkylation sites (tertiary alicyclic amines) is 1. The molecular formula is C32H40N4O3SSi. The molecule has 0 N–H and O–H groups in total. The minimum absolute atomic E-state index is 0.0155. The fourth-order valence-electron chi connectivity index (χ4n) is 5.71. The Labute approximate surface area is 248 Å². The van der Waals surface area contributed by atoms with E-state index in [0.29, 0.717) is 36.7 Å². The third-order valence-corrected chi connectivity index (χ3v) is 14.2. The minimum Gasteiger partial charge on any atom is -0.490 e. The summed E-state index contributed by atoms with van der Waals surface area (Å²) in [4.78, 5) is 20.1. The lowest BCUT2D eigenvalue weighted by Gasteiger charge is -2.36. The van der Waals surface area contributed by atoms with E-state index < -0.39 is 8.32 Å². The number of rotatable bonds is 8. The SMILES string of the molecule is CC(C)Oc1ccc(-c2nsc(-c3cccc4c3CCC43CC(=O)N(CCO[Si](C)(C)C(C)(C)C)C3)n2)cc1C#N. The van der Waals surface area contributed by atoms with Crippen LogP contribution in [-0.4, -0.2) is 54.3 Å². The summed E-state index contributed by atoms with van der Waals surface area (Å²) in [5.74, 6) is 1.39. The zero-order chi connectivity index (χ0) is 29.6. The first kappa shape index (κ1) is 29.4. The van der Waals surface area contributed by atoms with Crippen LogP contribution in [0.4, 0.5) is 0 Å². The molecule has 9 heteroatoms. The van der Waals surface area contributed by atoms with Gasteiger partial charge in [-0.15, -0.1) is 0 Å². The first-order chi connectivity index (χ1) is 19.3. The number of ether oxygens (including phenoxy) is 1. The second-order valence-electron chi connectivity index (χ2n) is 13.1. The van der Waals surface area contributed by atoms with Crippen LogP contribution in [0, 0.1) is 11.3 Å². The Kier molecular flexibility index (Phi) is 7.88. The smallest absolute Gasteiger partial charge is 0.223 e. The average molecular weight is 589 g/mol. The van der Waals surface area contributed by atoms with Gasteiger partial charge in [0.15, 0.2) is 14.1 Å². The summed E-state index contributed by atoms with van der Waals surface area (Å²) in [6, 6.07) is 14.1. The number of hydrogen-bond donors (Lipinski definition) is 0. The van der Waals surface area contributed by atoms with E-state index in [0.717, 1.165) is 35.5 Å². The lowest BCUT2D eigenvalue weighted by atomic mass is 9.80. The number of nitriles is 1. The molecule has 1 spiro atoms. The van der Waals surface area contributed by atoms with E-state index in [4.69, 9.17) is 14.1 Å². The van der Waals surface area contributed by atoms with Crippen LogP contribution in [-0.2, 0) is 21.1 Å². The van der Waals surface area contributed by atoms with Gasteiger partial charge in [0, 0.05) is 36.1 Å². The number of fused-ring (bicyclic) bond motifs is 2. The molecule has 1 atom stereocenters. The number of nitrogens with zero attached hydrogens (tertiary/aromatic N) is 4. The molecule has 2 aromatic carbocycles. The number of amides is 1. The molecule has 0 saturated carbocycles. The van der Waals surface area contributed by atoms with Crippen LogP contribution in [0.3, 0.4) is 0 Å². The van der Waals surface area contributed by atoms with E-state index in [1.54, 1.807) is 6.07 Å². The van der Waals surface area contributed by atoms with E-state index in [9.17, 15) is 10.1 Å². The van der Waals surface area contributed by atoms with Crippen LogP contribution < -0.4 is 4.74 Å².